The molecular weight excluding hydrogens is 256 g/mol. The van der Waals surface area contributed by atoms with Crippen LogP contribution in [-0.2, 0) is 0 Å². The van der Waals surface area contributed by atoms with Crippen molar-refractivity contribution in [2.45, 2.75) is 102 Å². The first kappa shape index (κ1) is 15.8. The third kappa shape index (κ3) is 3.64. The molecule has 21 heavy (non-hydrogen) atoms. The lowest BCUT2D eigenvalue weighted by Crippen LogP contribution is -2.66. The summed E-state index contributed by atoms with van der Waals surface area (Å²) in [6.45, 7) is 7.42. The van der Waals surface area contributed by atoms with Crippen LogP contribution in [0.25, 0.3) is 0 Å². The molecule has 1 saturated heterocycles. The van der Waals surface area contributed by atoms with Gasteiger partial charge in [0, 0.05) is 30.7 Å². The Morgan fingerprint density at radius 2 is 1.81 bits per heavy atom. The van der Waals surface area contributed by atoms with Crippen molar-refractivity contribution in [2.75, 3.05) is 13.1 Å². The van der Waals surface area contributed by atoms with Crippen molar-refractivity contribution in [3.8, 4) is 0 Å². The summed E-state index contributed by atoms with van der Waals surface area (Å²) in [7, 11) is 0. The minimum atomic E-state index is 0.474. The van der Waals surface area contributed by atoms with Gasteiger partial charge in [-0.2, -0.15) is 0 Å². The fourth-order valence-electron chi connectivity index (χ4n) is 5.15. The highest BCUT2D eigenvalue weighted by molar-refractivity contribution is 5.01. The summed E-state index contributed by atoms with van der Waals surface area (Å²) in [5.41, 5.74) is 0.474. The van der Waals surface area contributed by atoms with Gasteiger partial charge in [-0.3, -0.25) is 4.90 Å². The van der Waals surface area contributed by atoms with E-state index in [0.717, 1.165) is 18.0 Å². The van der Waals surface area contributed by atoms with Crippen LogP contribution >= 0.6 is 0 Å². The van der Waals surface area contributed by atoms with Crippen LogP contribution in [0.15, 0.2) is 0 Å². The van der Waals surface area contributed by atoms with Crippen LogP contribution in [0.1, 0.15) is 84.5 Å². The maximum Gasteiger partial charge on any atom is 0.0309 e. The molecule has 1 heterocycles. The van der Waals surface area contributed by atoms with E-state index >= 15 is 0 Å². The molecule has 3 aliphatic rings. The summed E-state index contributed by atoms with van der Waals surface area (Å²) in [6, 6.07) is 1.66. The summed E-state index contributed by atoms with van der Waals surface area (Å²) < 4.78 is 0. The Hall–Kier alpha value is -0.0800. The smallest absolute Gasteiger partial charge is 0.0309 e. The first-order valence-electron chi connectivity index (χ1n) is 9.73. The molecule has 0 amide bonds. The maximum atomic E-state index is 3.99. The third-order valence-corrected chi connectivity index (χ3v) is 6.64. The van der Waals surface area contributed by atoms with Gasteiger partial charge in [-0.1, -0.05) is 46.0 Å². The SMILES string of the molecule is CCC1CNC2(CCCCC2)CN1C1CCCC(C)CC1. The molecule has 2 aliphatic carbocycles. The average Bonchev–Trinajstić information content (AvgIpc) is 2.73. The van der Waals surface area contributed by atoms with Gasteiger partial charge in [0.15, 0.2) is 0 Å². The average molecular weight is 293 g/mol. The maximum absolute atomic E-state index is 3.99. The van der Waals surface area contributed by atoms with Crippen molar-refractivity contribution in [1.82, 2.24) is 10.2 Å². The summed E-state index contributed by atoms with van der Waals surface area (Å²) in [4.78, 5) is 2.96. The van der Waals surface area contributed by atoms with Crippen LogP contribution < -0.4 is 5.32 Å². The quantitative estimate of drug-likeness (QED) is 0.762. The summed E-state index contributed by atoms with van der Waals surface area (Å²) in [6.07, 6.45) is 15.8. The first-order chi connectivity index (χ1) is 10.2. The Morgan fingerprint density at radius 1 is 1.00 bits per heavy atom. The molecule has 2 saturated carbocycles. The Balaban J connectivity index is 1.69. The van der Waals surface area contributed by atoms with Gasteiger partial charge in [0.1, 0.15) is 0 Å². The number of hydrogen-bond donors (Lipinski definition) is 1. The zero-order valence-corrected chi connectivity index (χ0v) is 14.4. The highest BCUT2D eigenvalue weighted by Crippen LogP contribution is 2.35. The summed E-state index contributed by atoms with van der Waals surface area (Å²) >= 11 is 0. The normalized spacial score (nSPS) is 38.3. The van der Waals surface area contributed by atoms with Crippen LogP contribution in [0.4, 0.5) is 0 Å². The molecule has 1 aliphatic heterocycles. The third-order valence-electron chi connectivity index (χ3n) is 6.64. The lowest BCUT2D eigenvalue weighted by Gasteiger charge is -2.52. The summed E-state index contributed by atoms with van der Waals surface area (Å²) in [5, 5.41) is 3.99. The molecule has 0 bridgehead atoms. The zero-order chi connectivity index (χ0) is 14.7. The van der Waals surface area contributed by atoms with Gasteiger partial charge in [-0.25, -0.2) is 0 Å². The molecule has 2 nitrogen and oxygen atoms in total. The second kappa shape index (κ2) is 7.00. The van der Waals surface area contributed by atoms with E-state index in [2.05, 4.69) is 24.1 Å². The second-order valence-electron chi connectivity index (χ2n) is 8.22. The van der Waals surface area contributed by atoms with E-state index in [4.69, 9.17) is 0 Å². The molecule has 122 valence electrons. The van der Waals surface area contributed by atoms with Crippen LogP contribution in [0.3, 0.4) is 0 Å². The van der Waals surface area contributed by atoms with E-state index in [0.29, 0.717) is 5.54 Å². The van der Waals surface area contributed by atoms with E-state index in [9.17, 15) is 0 Å². The Labute approximate surface area is 132 Å². The van der Waals surface area contributed by atoms with E-state index in [-0.39, 0.29) is 0 Å². The minimum absolute atomic E-state index is 0.474. The van der Waals surface area contributed by atoms with Crippen molar-refractivity contribution in [3.05, 3.63) is 0 Å². The zero-order valence-electron chi connectivity index (χ0n) is 14.4. The molecule has 3 atom stereocenters. The second-order valence-corrected chi connectivity index (χ2v) is 8.22. The highest BCUT2D eigenvalue weighted by Gasteiger charge is 2.41. The molecule has 3 rings (SSSR count). The molecule has 0 aromatic rings. The van der Waals surface area contributed by atoms with Crippen LogP contribution in [0.2, 0.25) is 0 Å². The molecule has 0 aromatic carbocycles. The monoisotopic (exact) mass is 292 g/mol. The molecule has 2 heteroatoms. The predicted molar refractivity (Wildman–Crippen MR) is 90.6 cm³/mol. The van der Waals surface area contributed by atoms with Gasteiger partial charge in [-0.15, -0.1) is 0 Å². The van der Waals surface area contributed by atoms with Gasteiger partial charge in [0.25, 0.3) is 0 Å². The standard InChI is InChI=1S/C19H36N2/c1-3-17-14-20-19(12-5-4-6-13-19)15-21(17)18-9-7-8-16(2)10-11-18/h16-18,20H,3-15H2,1-2H3. The van der Waals surface area contributed by atoms with Gasteiger partial charge < -0.3 is 5.32 Å². The number of hydrogen-bond acceptors (Lipinski definition) is 2. The number of nitrogens with one attached hydrogen (secondary N) is 1. The van der Waals surface area contributed by atoms with Gasteiger partial charge in [0.2, 0.25) is 0 Å². The van der Waals surface area contributed by atoms with E-state index in [1.165, 1.54) is 83.7 Å². The fourth-order valence-corrected chi connectivity index (χ4v) is 5.15. The molecule has 1 N–H and O–H groups in total. The van der Waals surface area contributed by atoms with Crippen molar-refractivity contribution < 1.29 is 0 Å². The molecule has 0 radical (unpaired) electrons. The van der Waals surface area contributed by atoms with Crippen molar-refractivity contribution in [3.63, 3.8) is 0 Å². The van der Waals surface area contributed by atoms with E-state index in [1.807, 2.05) is 0 Å². The topological polar surface area (TPSA) is 15.3 Å². The van der Waals surface area contributed by atoms with Crippen molar-refractivity contribution in [2.24, 2.45) is 5.92 Å². The van der Waals surface area contributed by atoms with Crippen LogP contribution in [-0.4, -0.2) is 35.6 Å². The van der Waals surface area contributed by atoms with Crippen LogP contribution in [0.5, 0.6) is 0 Å². The van der Waals surface area contributed by atoms with E-state index < -0.39 is 0 Å². The molecule has 3 fully saturated rings. The Kier molecular flexibility index (Phi) is 5.27. The number of piperazine rings is 1. The summed E-state index contributed by atoms with van der Waals surface area (Å²) in [5.74, 6) is 0.960. The number of rotatable bonds is 2. The lowest BCUT2D eigenvalue weighted by atomic mass is 9.78. The van der Waals surface area contributed by atoms with Gasteiger partial charge >= 0.3 is 0 Å². The van der Waals surface area contributed by atoms with Crippen molar-refractivity contribution >= 4 is 0 Å². The Morgan fingerprint density at radius 3 is 2.57 bits per heavy atom. The molecule has 0 aromatic heterocycles. The van der Waals surface area contributed by atoms with Crippen LogP contribution in [0, 0.1) is 5.92 Å². The van der Waals surface area contributed by atoms with Gasteiger partial charge in [-0.05, 0) is 44.4 Å². The first-order valence-corrected chi connectivity index (χ1v) is 9.73. The molecule has 1 spiro atoms. The van der Waals surface area contributed by atoms with Crippen molar-refractivity contribution in [1.29, 1.82) is 0 Å². The Bertz CT molecular complexity index is 322. The fraction of sp³-hybridized carbons (Fsp3) is 1.00. The largest absolute Gasteiger partial charge is 0.308 e. The highest BCUT2D eigenvalue weighted by atomic mass is 15.3. The van der Waals surface area contributed by atoms with Gasteiger partial charge in [0.05, 0.1) is 0 Å². The predicted octanol–water partition coefficient (Wildman–Crippen LogP) is 4.34. The molecular formula is C19H36N2. The lowest BCUT2D eigenvalue weighted by molar-refractivity contribution is 0.0173. The minimum Gasteiger partial charge on any atom is -0.308 e. The number of nitrogens with zero attached hydrogens (tertiary/aromatic N) is 1. The molecule has 3 unspecified atom stereocenters. The van der Waals surface area contributed by atoms with E-state index in [1.54, 1.807) is 0 Å².